The van der Waals surface area contributed by atoms with Gasteiger partial charge in [-0.3, -0.25) is 4.79 Å². The summed E-state index contributed by atoms with van der Waals surface area (Å²) in [6, 6.07) is 1.14. The lowest BCUT2D eigenvalue weighted by Crippen LogP contribution is -2.24. The number of nitrogens with one attached hydrogen (secondary N) is 3. The van der Waals surface area contributed by atoms with Gasteiger partial charge in [-0.05, 0) is 20.3 Å². The van der Waals surface area contributed by atoms with Crippen LogP contribution in [-0.2, 0) is 0 Å². The molecule has 0 aliphatic rings. The highest BCUT2D eigenvalue weighted by Gasteiger charge is 2.14. The summed E-state index contributed by atoms with van der Waals surface area (Å²) >= 11 is 0. The van der Waals surface area contributed by atoms with Gasteiger partial charge in [0, 0.05) is 36.8 Å². The van der Waals surface area contributed by atoms with Crippen molar-refractivity contribution >= 4 is 23.1 Å². The largest absolute Gasteiger partial charge is 0.384 e. The van der Waals surface area contributed by atoms with E-state index in [9.17, 15) is 13.6 Å². The average Bonchev–Trinajstić information content (AvgIpc) is 2.67. The number of alkyl halides is 2. The molecule has 9 heteroatoms. The van der Waals surface area contributed by atoms with Crippen molar-refractivity contribution in [3.8, 4) is 0 Å². The van der Waals surface area contributed by atoms with Gasteiger partial charge in [0.05, 0.1) is 17.3 Å². The van der Waals surface area contributed by atoms with Crippen LogP contribution in [-0.4, -0.2) is 43.0 Å². The van der Waals surface area contributed by atoms with Crippen LogP contribution >= 0.6 is 0 Å². The molecule has 1 aromatic rings. The second-order valence-corrected chi connectivity index (χ2v) is 6.14. The molecule has 1 rings (SSSR count). The fraction of sp³-hybridized carbons (Fsp3) is 0.421. The molecule has 1 atom stereocenters. The van der Waals surface area contributed by atoms with Crippen molar-refractivity contribution in [1.82, 2.24) is 10.3 Å². The van der Waals surface area contributed by atoms with Gasteiger partial charge in [-0.1, -0.05) is 13.0 Å². The minimum absolute atomic E-state index is 0.147. The number of hydrogen-bond donors (Lipinski definition) is 4. The summed E-state index contributed by atoms with van der Waals surface area (Å²) in [5.41, 5.74) is 7.45. The van der Waals surface area contributed by atoms with Gasteiger partial charge in [0.15, 0.2) is 0 Å². The molecule has 0 bridgehead atoms. The Balaban J connectivity index is 3.19. The van der Waals surface area contributed by atoms with Crippen LogP contribution < -0.4 is 21.7 Å². The summed E-state index contributed by atoms with van der Waals surface area (Å²) in [4.78, 5) is 20.2. The number of allylic oxidation sites excluding steroid dienone is 2. The van der Waals surface area contributed by atoms with Gasteiger partial charge in [-0.2, -0.15) is 0 Å². The SMILES string of the molecule is CC/C=C(/C=C(N)\N=C(/C)CF)Nc1cc(NC(C)CF)c(C(=O)NC)cn1. The number of halogens is 2. The summed E-state index contributed by atoms with van der Waals surface area (Å²) < 4.78 is 25.5. The first-order valence-corrected chi connectivity index (χ1v) is 8.93. The number of amides is 1. The van der Waals surface area contributed by atoms with Crippen LogP contribution in [0.25, 0.3) is 0 Å². The molecule has 28 heavy (non-hydrogen) atoms. The zero-order valence-corrected chi connectivity index (χ0v) is 16.6. The standard InChI is InChI=1S/C19H28F2N6O/c1-5-6-14(7-17(22)26-13(3)10-21)27-18-8-16(25-12(2)9-20)15(11-24-18)19(28)23-4/h6-8,11-12H,5,9-10,22H2,1-4H3,(H,23,28)(H2,24,25,27)/b14-6-,17-7-,26-13+. The second kappa shape index (κ2) is 11.7. The molecule has 0 aromatic carbocycles. The molecule has 0 fully saturated rings. The van der Waals surface area contributed by atoms with Crippen LogP contribution in [0.2, 0.25) is 0 Å². The van der Waals surface area contributed by atoms with Gasteiger partial charge < -0.3 is 21.7 Å². The predicted octanol–water partition coefficient (Wildman–Crippen LogP) is 3.15. The lowest BCUT2D eigenvalue weighted by Gasteiger charge is -2.16. The molecule has 0 saturated heterocycles. The zero-order chi connectivity index (χ0) is 21.1. The Kier molecular flexibility index (Phi) is 9.63. The normalized spacial score (nSPS) is 13.9. The molecule has 7 nitrogen and oxygen atoms in total. The first-order chi connectivity index (χ1) is 13.3. The number of hydrogen-bond acceptors (Lipinski definition) is 6. The molecule has 0 saturated carbocycles. The van der Waals surface area contributed by atoms with Crippen LogP contribution in [0.1, 0.15) is 37.6 Å². The third-order valence-corrected chi connectivity index (χ3v) is 3.52. The molecule has 1 heterocycles. The molecule has 1 unspecified atom stereocenters. The monoisotopic (exact) mass is 394 g/mol. The number of anilines is 2. The van der Waals surface area contributed by atoms with E-state index in [1.54, 1.807) is 26.0 Å². The maximum Gasteiger partial charge on any atom is 0.254 e. The van der Waals surface area contributed by atoms with E-state index in [0.717, 1.165) is 0 Å². The van der Waals surface area contributed by atoms with Crippen molar-refractivity contribution in [2.45, 2.75) is 33.2 Å². The fourth-order valence-electron chi connectivity index (χ4n) is 2.22. The van der Waals surface area contributed by atoms with E-state index in [4.69, 9.17) is 5.73 Å². The summed E-state index contributed by atoms with van der Waals surface area (Å²) in [5, 5.41) is 8.57. The molecular formula is C19H28F2N6O. The third-order valence-electron chi connectivity index (χ3n) is 3.52. The summed E-state index contributed by atoms with van der Waals surface area (Å²) in [5.74, 6) is 0.238. The van der Waals surface area contributed by atoms with E-state index in [1.165, 1.54) is 13.2 Å². The van der Waals surface area contributed by atoms with Crippen LogP contribution in [0.5, 0.6) is 0 Å². The predicted molar refractivity (Wildman–Crippen MR) is 110 cm³/mol. The number of carbonyl (C=O) groups is 1. The van der Waals surface area contributed by atoms with E-state index < -0.39 is 19.4 Å². The van der Waals surface area contributed by atoms with Gasteiger partial charge in [-0.25, -0.2) is 18.8 Å². The number of pyridine rings is 1. The third kappa shape index (κ3) is 7.34. The first-order valence-electron chi connectivity index (χ1n) is 8.93. The topological polar surface area (TPSA) is 104 Å². The Morgan fingerprint density at radius 2 is 2.14 bits per heavy atom. The maximum atomic E-state index is 12.9. The van der Waals surface area contributed by atoms with Gasteiger partial charge in [0.1, 0.15) is 25.0 Å². The Bertz CT molecular complexity index is 761. The minimum atomic E-state index is -0.681. The summed E-state index contributed by atoms with van der Waals surface area (Å²) in [7, 11) is 1.51. The van der Waals surface area contributed by atoms with Crippen molar-refractivity contribution < 1.29 is 13.6 Å². The van der Waals surface area contributed by atoms with Crippen LogP contribution in [0.4, 0.5) is 20.3 Å². The minimum Gasteiger partial charge on any atom is -0.384 e. The smallest absolute Gasteiger partial charge is 0.254 e. The van der Waals surface area contributed by atoms with Crippen LogP contribution in [0.15, 0.2) is 40.9 Å². The molecule has 0 radical (unpaired) electrons. The van der Waals surface area contributed by atoms with E-state index >= 15 is 0 Å². The fourth-order valence-corrected chi connectivity index (χ4v) is 2.22. The molecule has 154 valence electrons. The van der Waals surface area contributed by atoms with Crippen molar-refractivity contribution in [3.05, 3.63) is 41.5 Å². The maximum absolute atomic E-state index is 12.9. The number of carbonyl (C=O) groups excluding carboxylic acids is 1. The van der Waals surface area contributed by atoms with Crippen molar-refractivity contribution in [3.63, 3.8) is 0 Å². The highest BCUT2D eigenvalue weighted by molar-refractivity contribution is 5.99. The number of rotatable bonds is 10. The molecule has 0 spiro atoms. The van der Waals surface area contributed by atoms with Crippen LogP contribution in [0, 0.1) is 0 Å². The average molecular weight is 394 g/mol. The zero-order valence-electron chi connectivity index (χ0n) is 16.6. The first kappa shape index (κ1) is 23.1. The van der Waals surface area contributed by atoms with Gasteiger partial charge in [-0.15, -0.1) is 0 Å². The Hall–Kier alpha value is -2.97. The van der Waals surface area contributed by atoms with Crippen LogP contribution in [0.3, 0.4) is 0 Å². The second-order valence-electron chi connectivity index (χ2n) is 6.14. The molecule has 1 amide bonds. The molecule has 1 aromatic heterocycles. The number of nitrogens with zero attached hydrogens (tertiary/aromatic N) is 2. The molecule has 0 aliphatic carbocycles. The summed E-state index contributed by atoms with van der Waals surface area (Å²) in [6.45, 7) is 3.88. The molecular weight excluding hydrogens is 366 g/mol. The highest BCUT2D eigenvalue weighted by Crippen LogP contribution is 2.21. The van der Waals surface area contributed by atoms with E-state index in [2.05, 4.69) is 25.9 Å². The Morgan fingerprint density at radius 1 is 1.43 bits per heavy atom. The number of nitrogens with two attached hydrogens (primary N) is 1. The Labute approximate surface area is 164 Å². The van der Waals surface area contributed by atoms with E-state index in [0.29, 0.717) is 29.2 Å². The van der Waals surface area contributed by atoms with Gasteiger partial charge in [0.25, 0.3) is 5.91 Å². The lowest BCUT2D eigenvalue weighted by molar-refractivity contribution is 0.0963. The van der Waals surface area contributed by atoms with E-state index in [1.807, 2.05) is 13.0 Å². The highest BCUT2D eigenvalue weighted by atomic mass is 19.1. The number of aliphatic imine (C=N–C) groups is 1. The quantitative estimate of drug-likeness (QED) is 0.360. The Morgan fingerprint density at radius 3 is 2.71 bits per heavy atom. The van der Waals surface area contributed by atoms with Crippen molar-refractivity contribution in [2.75, 3.05) is 31.0 Å². The van der Waals surface area contributed by atoms with E-state index in [-0.39, 0.29) is 17.4 Å². The summed E-state index contributed by atoms with van der Waals surface area (Å²) in [6.07, 6.45) is 5.53. The van der Waals surface area contributed by atoms with Gasteiger partial charge in [0.2, 0.25) is 0 Å². The van der Waals surface area contributed by atoms with Gasteiger partial charge >= 0.3 is 0 Å². The molecule has 5 N–H and O–H groups in total. The van der Waals surface area contributed by atoms with Crippen molar-refractivity contribution in [2.24, 2.45) is 10.7 Å². The number of aromatic nitrogens is 1. The van der Waals surface area contributed by atoms with Crippen molar-refractivity contribution in [1.29, 1.82) is 0 Å². The molecule has 0 aliphatic heterocycles. The lowest BCUT2D eigenvalue weighted by atomic mass is 10.2.